The Morgan fingerprint density at radius 2 is 2.12 bits per heavy atom. The van der Waals surface area contributed by atoms with E-state index in [2.05, 4.69) is 4.74 Å². The van der Waals surface area contributed by atoms with Crippen molar-refractivity contribution in [1.82, 2.24) is 0 Å². The van der Waals surface area contributed by atoms with E-state index in [4.69, 9.17) is 4.74 Å². The normalized spacial score (nSPS) is 11.9. The van der Waals surface area contributed by atoms with E-state index in [0.29, 0.717) is 11.3 Å². The lowest BCUT2D eigenvalue weighted by Crippen LogP contribution is -2.08. The summed E-state index contributed by atoms with van der Waals surface area (Å²) in [5.41, 5.74) is 0.434. The van der Waals surface area contributed by atoms with Crippen LogP contribution in [-0.4, -0.2) is 30.4 Å². The number of carbonyl (C=O) groups is 1. The molecule has 0 bridgehead atoms. The first-order valence-corrected chi connectivity index (χ1v) is 4.70. The number of aromatic hydroxyl groups is 1. The zero-order valence-electron chi connectivity index (χ0n) is 9.14. The fourth-order valence-corrected chi connectivity index (χ4v) is 1.27. The summed E-state index contributed by atoms with van der Waals surface area (Å²) in [4.78, 5) is 10.9. The third-order valence-corrected chi connectivity index (χ3v) is 2.18. The molecule has 1 unspecified atom stereocenters. The number of aliphatic hydroxyl groups is 1. The summed E-state index contributed by atoms with van der Waals surface area (Å²) in [5, 5.41) is 19.1. The maximum absolute atomic E-state index is 10.9. The van der Waals surface area contributed by atoms with E-state index in [0.717, 1.165) is 0 Å². The van der Waals surface area contributed by atoms with Gasteiger partial charge in [-0.25, -0.2) is 0 Å². The Labute approximate surface area is 93.2 Å². The highest BCUT2D eigenvalue weighted by atomic mass is 16.5. The third kappa shape index (κ3) is 2.87. The first kappa shape index (κ1) is 12.3. The Kier molecular flexibility index (Phi) is 4.13. The second-order valence-corrected chi connectivity index (χ2v) is 3.23. The lowest BCUT2D eigenvalue weighted by Gasteiger charge is -2.11. The first-order chi connectivity index (χ1) is 7.58. The number of phenols is 1. The molecule has 0 aromatic heterocycles. The van der Waals surface area contributed by atoms with Gasteiger partial charge in [-0.05, 0) is 17.7 Å². The molecule has 0 aliphatic heterocycles. The Morgan fingerprint density at radius 1 is 1.44 bits per heavy atom. The van der Waals surface area contributed by atoms with E-state index in [1.54, 1.807) is 6.07 Å². The molecule has 0 fully saturated rings. The van der Waals surface area contributed by atoms with Crippen molar-refractivity contribution in [3.05, 3.63) is 23.8 Å². The summed E-state index contributed by atoms with van der Waals surface area (Å²) in [5.74, 6) is -0.277. The van der Waals surface area contributed by atoms with Gasteiger partial charge in [0.1, 0.15) is 0 Å². The third-order valence-electron chi connectivity index (χ3n) is 2.18. The summed E-state index contributed by atoms with van der Waals surface area (Å²) < 4.78 is 9.29. The molecule has 5 nitrogen and oxygen atoms in total. The molecule has 1 atom stereocenters. The molecule has 0 radical (unpaired) electrons. The predicted octanol–water partition coefficient (Wildman–Crippen LogP) is 0.997. The van der Waals surface area contributed by atoms with Gasteiger partial charge in [-0.2, -0.15) is 0 Å². The number of benzene rings is 1. The summed E-state index contributed by atoms with van der Waals surface area (Å²) in [7, 11) is 2.68. The Bertz CT molecular complexity index is 375. The Balaban J connectivity index is 2.80. The van der Waals surface area contributed by atoms with Crippen molar-refractivity contribution in [2.24, 2.45) is 0 Å². The molecule has 2 N–H and O–H groups in total. The van der Waals surface area contributed by atoms with Crippen LogP contribution < -0.4 is 4.74 Å². The largest absolute Gasteiger partial charge is 0.504 e. The van der Waals surface area contributed by atoms with Gasteiger partial charge in [0.25, 0.3) is 0 Å². The number of hydrogen-bond donors (Lipinski definition) is 2. The predicted molar refractivity (Wildman–Crippen MR) is 56.3 cm³/mol. The smallest absolute Gasteiger partial charge is 0.308 e. The molecule has 1 aromatic carbocycles. The second-order valence-electron chi connectivity index (χ2n) is 3.23. The fraction of sp³-hybridized carbons (Fsp3) is 0.364. The number of ether oxygens (including phenoxy) is 2. The topological polar surface area (TPSA) is 76.0 Å². The van der Waals surface area contributed by atoms with E-state index in [1.165, 1.54) is 26.4 Å². The maximum Gasteiger partial charge on any atom is 0.308 e. The van der Waals surface area contributed by atoms with E-state index in [1.807, 2.05) is 0 Å². The highest BCUT2D eigenvalue weighted by Gasteiger charge is 2.14. The molecular formula is C11H14O5. The van der Waals surface area contributed by atoms with Crippen molar-refractivity contribution in [3.63, 3.8) is 0 Å². The van der Waals surface area contributed by atoms with Gasteiger partial charge in [0, 0.05) is 0 Å². The summed E-state index contributed by atoms with van der Waals surface area (Å²) in [6.45, 7) is 0. The minimum absolute atomic E-state index is 0.0797. The molecule has 5 heteroatoms. The molecule has 0 heterocycles. The van der Waals surface area contributed by atoms with Crippen LogP contribution in [0.2, 0.25) is 0 Å². The highest BCUT2D eigenvalue weighted by Crippen LogP contribution is 2.29. The zero-order valence-corrected chi connectivity index (χ0v) is 9.14. The van der Waals surface area contributed by atoms with Crippen molar-refractivity contribution in [3.8, 4) is 11.5 Å². The van der Waals surface area contributed by atoms with Crippen LogP contribution in [0.5, 0.6) is 11.5 Å². The molecule has 0 amide bonds. The van der Waals surface area contributed by atoms with Gasteiger partial charge in [-0.15, -0.1) is 0 Å². The minimum Gasteiger partial charge on any atom is -0.504 e. The molecular weight excluding hydrogens is 212 g/mol. The van der Waals surface area contributed by atoms with E-state index >= 15 is 0 Å². The standard InChI is InChI=1S/C11H14O5/c1-15-10-4-3-7(5-9(10)13)8(12)6-11(14)16-2/h3-5,8,12-13H,6H2,1-2H3. The molecule has 0 saturated carbocycles. The van der Waals surface area contributed by atoms with Crippen LogP contribution in [0.15, 0.2) is 18.2 Å². The number of aliphatic hydroxyl groups excluding tert-OH is 1. The monoisotopic (exact) mass is 226 g/mol. The van der Waals surface area contributed by atoms with Gasteiger partial charge in [0.2, 0.25) is 0 Å². The molecule has 0 spiro atoms. The van der Waals surface area contributed by atoms with Gasteiger partial charge < -0.3 is 19.7 Å². The number of hydrogen-bond acceptors (Lipinski definition) is 5. The van der Waals surface area contributed by atoms with Gasteiger partial charge in [0.15, 0.2) is 11.5 Å². The van der Waals surface area contributed by atoms with Crippen molar-refractivity contribution in [2.75, 3.05) is 14.2 Å². The van der Waals surface area contributed by atoms with E-state index in [-0.39, 0.29) is 12.2 Å². The van der Waals surface area contributed by atoms with Crippen LogP contribution in [0.25, 0.3) is 0 Å². The lowest BCUT2D eigenvalue weighted by molar-refractivity contribution is -0.142. The molecule has 1 aromatic rings. The summed E-state index contributed by atoms with van der Waals surface area (Å²) >= 11 is 0. The van der Waals surface area contributed by atoms with Crippen molar-refractivity contribution in [2.45, 2.75) is 12.5 Å². The van der Waals surface area contributed by atoms with Crippen LogP contribution in [0.1, 0.15) is 18.1 Å². The zero-order chi connectivity index (χ0) is 12.1. The molecule has 0 aliphatic carbocycles. The average molecular weight is 226 g/mol. The van der Waals surface area contributed by atoms with Gasteiger partial charge in [0.05, 0.1) is 26.7 Å². The minimum atomic E-state index is -0.996. The van der Waals surface area contributed by atoms with Crippen molar-refractivity contribution in [1.29, 1.82) is 0 Å². The molecule has 1 rings (SSSR count). The Morgan fingerprint density at radius 3 is 2.62 bits per heavy atom. The molecule has 0 saturated heterocycles. The molecule has 88 valence electrons. The van der Waals surface area contributed by atoms with E-state index < -0.39 is 12.1 Å². The van der Waals surface area contributed by atoms with Crippen molar-refractivity contribution >= 4 is 5.97 Å². The SMILES string of the molecule is COC(=O)CC(O)c1ccc(OC)c(O)c1. The van der Waals surface area contributed by atoms with Gasteiger partial charge in [-0.1, -0.05) is 6.07 Å². The summed E-state index contributed by atoms with van der Waals surface area (Å²) in [6.07, 6.45) is -1.15. The van der Waals surface area contributed by atoms with Crippen LogP contribution in [0.3, 0.4) is 0 Å². The quantitative estimate of drug-likeness (QED) is 0.749. The van der Waals surface area contributed by atoms with Crippen LogP contribution in [0.4, 0.5) is 0 Å². The fourth-order valence-electron chi connectivity index (χ4n) is 1.27. The number of rotatable bonds is 4. The second kappa shape index (κ2) is 5.37. The molecule has 16 heavy (non-hydrogen) atoms. The van der Waals surface area contributed by atoms with E-state index in [9.17, 15) is 15.0 Å². The number of methoxy groups -OCH3 is 2. The number of phenolic OH excluding ortho intramolecular Hbond substituents is 1. The van der Waals surface area contributed by atoms with Crippen LogP contribution >= 0.6 is 0 Å². The highest BCUT2D eigenvalue weighted by molar-refractivity contribution is 5.70. The maximum atomic E-state index is 10.9. The van der Waals surface area contributed by atoms with Gasteiger partial charge >= 0.3 is 5.97 Å². The lowest BCUT2D eigenvalue weighted by atomic mass is 10.1. The van der Waals surface area contributed by atoms with Crippen LogP contribution in [-0.2, 0) is 9.53 Å². The van der Waals surface area contributed by atoms with Crippen molar-refractivity contribution < 1.29 is 24.5 Å². The number of esters is 1. The molecule has 0 aliphatic rings. The Hall–Kier alpha value is -1.75. The average Bonchev–Trinajstić information content (AvgIpc) is 2.28. The van der Waals surface area contributed by atoms with Crippen LogP contribution in [0, 0.1) is 0 Å². The van der Waals surface area contributed by atoms with Gasteiger partial charge in [-0.3, -0.25) is 4.79 Å². The summed E-state index contributed by atoms with van der Waals surface area (Å²) in [6, 6.07) is 4.45. The number of carbonyl (C=O) groups excluding carboxylic acids is 1. The first-order valence-electron chi connectivity index (χ1n) is 4.70.